The molecular formula is C8H14N4OS. The molecule has 0 aromatic carbocycles. The van der Waals surface area contributed by atoms with E-state index in [-0.39, 0.29) is 0 Å². The summed E-state index contributed by atoms with van der Waals surface area (Å²) in [6, 6.07) is 0. The third kappa shape index (κ3) is 2.63. The molecule has 0 spiro atoms. The number of morpholine rings is 1. The summed E-state index contributed by atoms with van der Waals surface area (Å²) in [6.45, 7) is 4.71. The van der Waals surface area contributed by atoms with E-state index >= 15 is 0 Å². The fourth-order valence-corrected chi connectivity index (χ4v) is 1.93. The van der Waals surface area contributed by atoms with Gasteiger partial charge < -0.3 is 10.5 Å². The van der Waals surface area contributed by atoms with Crippen LogP contribution < -0.4 is 5.73 Å². The van der Waals surface area contributed by atoms with Crippen LogP contribution in [-0.4, -0.2) is 47.1 Å². The molecule has 0 unspecified atom stereocenters. The normalized spacial score (nSPS) is 18.6. The molecule has 1 aromatic rings. The van der Waals surface area contributed by atoms with Crippen LogP contribution in [0, 0.1) is 0 Å². The van der Waals surface area contributed by atoms with Crippen molar-refractivity contribution in [2.45, 2.75) is 6.42 Å². The van der Waals surface area contributed by atoms with E-state index in [1.54, 1.807) is 0 Å². The first-order valence-corrected chi connectivity index (χ1v) is 5.50. The minimum absolute atomic E-state index is 0.557. The van der Waals surface area contributed by atoms with Crippen molar-refractivity contribution in [2.24, 2.45) is 0 Å². The molecule has 0 saturated carbocycles. The summed E-state index contributed by atoms with van der Waals surface area (Å²) < 4.78 is 9.41. The predicted octanol–water partition coefficient (Wildman–Crippen LogP) is -0.00500. The summed E-state index contributed by atoms with van der Waals surface area (Å²) in [7, 11) is 0. The van der Waals surface area contributed by atoms with Crippen molar-refractivity contribution in [3.05, 3.63) is 5.82 Å². The van der Waals surface area contributed by atoms with Gasteiger partial charge in [0.2, 0.25) is 0 Å². The molecule has 2 heterocycles. The lowest BCUT2D eigenvalue weighted by molar-refractivity contribution is 0.0382. The smallest absolute Gasteiger partial charge is 0.199 e. The van der Waals surface area contributed by atoms with Crippen LogP contribution in [-0.2, 0) is 11.2 Å². The number of aromatic nitrogens is 2. The molecule has 0 amide bonds. The Labute approximate surface area is 87.0 Å². The Balaban J connectivity index is 1.76. The molecule has 14 heavy (non-hydrogen) atoms. The third-order valence-corrected chi connectivity index (χ3v) is 2.82. The molecule has 2 rings (SSSR count). The molecule has 6 heteroatoms. The largest absolute Gasteiger partial charge is 0.379 e. The lowest BCUT2D eigenvalue weighted by Gasteiger charge is -2.25. The van der Waals surface area contributed by atoms with Crippen molar-refractivity contribution in [1.82, 2.24) is 14.3 Å². The van der Waals surface area contributed by atoms with Crippen LogP contribution in [0.2, 0.25) is 0 Å². The molecule has 0 bridgehead atoms. The minimum atomic E-state index is 0.557. The number of rotatable bonds is 3. The van der Waals surface area contributed by atoms with Crippen LogP contribution in [0.3, 0.4) is 0 Å². The van der Waals surface area contributed by atoms with Gasteiger partial charge in [0.1, 0.15) is 5.82 Å². The highest BCUT2D eigenvalue weighted by Gasteiger charge is 2.11. The summed E-state index contributed by atoms with van der Waals surface area (Å²) in [5, 5.41) is 0.557. The molecule has 78 valence electrons. The average Bonchev–Trinajstić information content (AvgIpc) is 2.63. The van der Waals surface area contributed by atoms with E-state index in [0.717, 1.165) is 45.1 Å². The lowest BCUT2D eigenvalue weighted by Crippen LogP contribution is -2.37. The van der Waals surface area contributed by atoms with E-state index in [1.807, 2.05) is 0 Å². The predicted molar refractivity (Wildman–Crippen MR) is 55.3 cm³/mol. The number of ether oxygens (including phenoxy) is 1. The molecule has 0 radical (unpaired) electrons. The van der Waals surface area contributed by atoms with Gasteiger partial charge in [0.25, 0.3) is 0 Å². The van der Waals surface area contributed by atoms with Crippen molar-refractivity contribution in [1.29, 1.82) is 0 Å². The second kappa shape index (κ2) is 4.68. The van der Waals surface area contributed by atoms with Gasteiger partial charge in [-0.2, -0.15) is 4.37 Å². The van der Waals surface area contributed by atoms with E-state index in [4.69, 9.17) is 10.5 Å². The standard InChI is InChI=1S/C8H14N4OS/c9-8-10-7(11-14-8)1-2-12-3-5-13-6-4-12/h1-6H2,(H2,9,10,11). The summed E-state index contributed by atoms with van der Waals surface area (Å²) in [6.07, 6.45) is 0.883. The third-order valence-electron chi connectivity index (χ3n) is 2.24. The van der Waals surface area contributed by atoms with Gasteiger partial charge in [0.15, 0.2) is 5.13 Å². The summed E-state index contributed by atoms with van der Waals surface area (Å²) >= 11 is 1.26. The minimum Gasteiger partial charge on any atom is -0.379 e. The van der Waals surface area contributed by atoms with Gasteiger partial charge in [0.05, 0.1) is 13.2 Å². The highest BCUT2D eigenvalue weighted by atomic mass is 32.1. The number of hydrogen-bond donors (Lipinski definition) is 1. The van der Waals surface area contributed by atoms with E-state index in [9.17, 15) is 0 Å². The summed E-state index contributed by atoms with van der Waals surface area (Å²) in [5.74, 6) is 0.860. The monoisotopic (exact) mass is 214 g/mol. The Morgan fingerprint density at radius 2 is 2.21 bits per heavy atom. The number of nitrogens with two attached hydrogens (primary N) is 1. The number of hydrogen-bond acceptors (Lipinski definition) is 6. The van der Waals surface area contributed by atoms with Crippen molar-refractivity contribution in [2.75, 3.05) is 38.6 Å². The van der Waals surface area contributed by atoms with Gasteiger partial charge in [-0.25, -0.2) is 4.98 Å². The average molecular weight is 214 g/mol. The van der Waals surface area contributed by atoms with Gasteiger partial charge in [-0.15, -0.1) is 0 Å². The highest BCUT2D eigenvalue weighted by molar-refractivity contribution is 7.09. The second-order valence-electron chi connectivity index (χ2n) is 3.25. The maximum atomic E-state index is 5.50. The molecule has 5 nitrogen and oxygen atoms in total. The first-order valence-electron chi connectivity index (χ1n) is 4.73. The number of nitrogen functional groups attached to an aromatic ring is 1. The molecular weight excluding hydrogens is 200 g/mol. The lowest BCUT2D eigenvalue weighted by atomic mass is 10.3. The van der Waals surface area contributed by atoms with Gasteiger partial charge >= 0.3 is 0 Å². The number of anilines is 1. The fourth-order valence-electron chi connectivity index (χ4n) is 1.45. The van der Waals surface area contributed by atoms with E-state index < -0.39 is 0 Å². The van der Waals surface area contributed by atoms with Crippen molar-refractivity contribution in [3.8, 4) is 0 Å². The van der Waals surface area contributed by atoms with Gasteiger partial charge in [0, 0.05) is 37.6 Å². The topological polar surface area (TPSA) is 64.3 Å². The maximum Gasteiger partial charge on any atom is 0.199 e. The van der Waals surface area contributed by atoms with Crippen LogP contribution in [0.25, 0.3) is 0 Å². The maximum absolute atomic E-state index is 5.50. The Morgan fingerprint density at radius 1 is 1.43 bits per heavy atom. The van der Waals surface area contributed by atoms with Gasteiger partial charge in [-0.3, -0.25) is 4.90 Å². The fraction of sp³-hybridized carbons (Fsp3) is 0.750. The van der Waals surface area contributed by atoms with E-state index in [1.165, 1.54) is 11.5 Å². The van der Waals surface area contributed by atoms with Crippen LogP contribution in [0.15, 0.2) is 0 Å². The van der Waals surface area contributed by atoms with Crippen LogP contribution in [0.4, 0.5) is 5.13 Å². The van der Waals surface area contributed by atoms with Crippen LogP contribution in [0.5, 0.6) is 0 Å². The summed E-state index contributed by atoms with van der Waals surface area (Å²) in [4.78, 5) is 6.48. The molecule has 1 fully saturated rings. The van der Waals surface area contributed by atoms with Crippen LogP contribution >= 0.6 is 11.5 Å². The molecule has 0 atom stereocenters. The SMILES string of the molecule is Nc1nc(CCN2CCOCC2)ns1. The van der Waals surface area contributed by atoms with Crippen molar-refractivity contribution < 1.29 is 4.74 Å². The first-order chi connectivity index (χ1) is 6.84. The van der Waals surface area contributed by atoms with Crippen molar-refractivity contribution >= 4 is 16.7 Å². The number of nitrogens with zero attached hydrogens (tertiary/aromatic N) is 3. The first kappa shape index (κ1) is 9.82. The van der Waals surface area contributed by atoms with E-state index in [0.29, 0.717) is 5.13 Å². The zero-order valence-corrected chi connectivity index (χ0v) is 8.79. The van der Waals surface area contributed by atoms with Crippen LogP contribution in [0.1, 0.15) is 5.82 Å². The zero-order chi connectivity index (χ0) is 9.80. The second-order valence-corrected chi connectivity index (χ2v) is 4.04. The summed E-state index contributed by atoms with van der Waals surface area (Å²) in [5.41, 5.74) is 5.50. The molecule has 1 aliphatic heterocycles. The Morgan fingerprint density at radius 3 is 2.86 bits per heavy atom. The van der Waals surface area contributed by atoms with Gasteiger partial charge in [-0.1, -0.05) is 0 Å². The zero-order valence-electron chi connectivity index (χ0n) is 7.98. The molecule has 0 aliphatic carbocycles. The van der Waals surface area contributed by atoms with E-state index in [2.05, 4.69) is 14.3 Å². The Hall–Kier alpha value is -0.720. The van der Waals surface area contributed by atoms with Crippen molar-refractivity contribution in [3.63, 3.8) is 0 Å². The Bertz CT molecular complexity index is 285. The van der Waals surface area contributed by atoms with Gasteiger partial charge in [-0.05, 0) is 0 Å². The quantitative estimate of drug-likeness (QED) is 0.767. The Kier molecular flexibility index (Phi) is 3.28. The molecule has 1 aliphatic rings. The highest BCUT2D eigenvalue weighted by Crippen LogP contribution is 2.07. The molecule has 2 N–H and O–H groups in total. The molecule has 1 aromatic heterocycles. The molecule has 1 saturated heterocycles.